The molecule has 130 valence electrons. The van der Waals surface area contributed by atoms with Gasteiger partial charge in [-0.1, -0.05) is 30.3 Å². The fourth-order valence-corrected chi connectivity index (χ4v) is 2.26. The molecule has 1 aliphatic rings. The van der Waals surface area contributed by atoms with E-state index >= 15 is 0 Å². The second-order valence-corrected chi connectivity index (χ2v) is 6.13. The lowest BCUT2D eigenvalue weighted by Gasteiger charge is -2.13. The molecule has 5 nitrogen and oxygen atoms in total. The van der Waals surface area contributed by atoms with Gasteiger partial charge in [0, 0.05) is 6.04 Å². The molecule has 0 saturated heterocycles. The normalized spacial score (nSPS) is 14.4. The van der Waals surface area contributed by atoms with Crippen LogP contribution >= 0.6 is 0 Å². The number of nitrogens with one attached hydrogen (secondary N) is 1. The van der Waals surface area contributed by atoms with Crippen LogP contribution in [0, 0.1) is 0 Å². The van der Waals surface area contributed by atoms with Crippen LogP contribution in [0.1, 0.15) is 35.7 Å². The van der Waals surface area contributed by atoms with Gasteiger partial charge in [0.2, 0.25) is 0 Å². The van der Waals surface area contributed by atoms with Gasteiger partial charge < -0.3 is 14.8 Å². The first-order valence-electron chi connectivity index (χ1n) is 8.40. The second kappa shape index (κ2) is 7.83. The van der Waals surface area contributed by atoms with Crippen molar-refractivity contribution in [3.63, 3.8) is 0 Å². The molecular weight excluding hydrogens is 318 g/mol. The van der Waals surface area contributed by atoms with E-state index in [1.165, 1.54) is 0 Å². The van der Waals surface area contributed by atoms with Gasteiger partial charge in [-0.2, -0.15) is 0 Å². The highest BCUT2D eigenvalue weighted by Gasteiger charge is 2.27. The Kier molecular flexibility index (Phi) is 5.33. The highest BCUT2D eigenvalue weighted by molar-refractivity contribution is 5.92. The third-order valence-electron chi connectivity index (χ3n) is 3.92. The van der Waals surface area contributed by atoms with Crippen molar-refractivity contribution >= 4 is 11.9 Å². The van der Waals surface area contributed by atoms with E-state index < -0.39 is 12.1 Å². The van der Waals surface area contributed by atoms with Crippen LogP contribution in [0.4, 0.5) is 0 Å². The monoisotopic (exact) mass is 339 g/mol. The third-order valence-corrected chi connectivity index (χ3v) is 3.92. The molecular formula is C20H21NO4. The zero-order valence-corrected chi connectivity index (χ0v) is 14.1. The van der Waals surface area contributed by atoms with E-state index in [1.807, 2.05) is 30.3 Å². The van der Waals surface area contributed by atoms with E-state index in [2.05, 4.69) is 5.32 Å². The van der Waals surface area contributed by atoms with Gasteiger partial charge in [-0.3, -0.25) is 4.79 Å². The molecule has 0 bridgehead atoms. The van der Waals surface area contributed by atoms with Gasteiger partial charge in [0.1, 0.15) is 12.4 Å². The Hall–Kier alpha value is -2.82. The number of ether oxygens (including phenoxy) is 2. The van der Waals surface area contributed by atoms with E-state index in [0.29, 0.717) is 17.9 Å². The van der Waals surface area contributed by atoms with E-state index in [1.54, 1.807) is 31.2 Å². The average Bonchev–Trinajstić information content (AvgIpc) is 3.45. The molecule has 0 spiro atoms. The van der Waals surface area contributed by atoms with Crippen LogP contribution in [0.15, 0.2) is 54.6 Å². The maximum atomic E-state index is 12.1. The standard InChI is InChI=1S/C20H21NO4/c1-14(19(22)21-17-9-10-17)25-20(23)16-7-11-18(12-8-16)24-13-15-5-3-2-4-6-15/h2-8,11-12,14,17H,9-10,13H2,1H3,(H,21,22)/t14-/m1/s1. The van der Waals surface area contributed by atoms with Gasteiger partial charge in [-0.15, -0.1) is 0 Å². The molecule has 0 heterocycles. The lowest BCUT2D eigenvalue weighted by Crippen LogP contribution is -2.37. The first-order chi connectivity index (χ1) is 12.1. The maximum absolute atomic E-state index is 12.1. The Morgan fingerprint density at radius 3 is 2.40 bits per heavy atom. The average molecular weight is 339 g/mol. The van der Waals surface area contributed by atoms with Gasteiger partial charge in [-0.05, 0) is 49.6 Å². The molecule has 2 aromatic carbocycles. The molecule has 2 aromatic rings. The summed E-state index contributed by atoms with van der Waals surface area (Å²) in [6.07, 6.45) is 1.19. The molecule has 1 atom stereocenters. The van der Waals surface area contributed by atoms with Crippen molar-refractivity contribution in [3.8, 4) is 5.75 Å². The summed E-state index contributed by atoms with van der Waals surface area (Å²) in [6.45, 7) is 2.04. The van der Waals surface area contributed by atoms with Crippen molar-refractivity contribution in [2.24, 2.45) is 0 Å². The van der Waals surface area contributed by atoms with E-state index in [9.17, 15) is 9.59 Å². The topological polar surface area (TPSA) is 64.6 Å². The molecule has 0 unspecified atom stereocenters. The van der Waals surface area contributed by atoms with Crippen LogP contribution in [0.3, 0.4) is 0 Å². The molecule has 0 aliphatic heterocycles. The molecule has 1 saturated carbocycles. The first-order valence-corrected chi connectivity index (χ1v) is 8.40. The van der Waals surface area contributed by atoms with E-state index in [0.717, 1.165) is 18.4 Å². The van der Waals surface area contributed by atoms with Gasteiger partial charge in [0.15, 0.2) is 6.10 Å². The number of hydrogen-bond donors (Lipinski definition) is 1. The van der Waals surface area contributed by atoms with Crippen LogP contribution in [-0.2, 0) is 16.1 Å². The minimum atomic E-state index is -0.804. The summed E-state index contributed by atoms with van der Waals surface area (Å²) >= 11 is 0. The molecule has 1 N–H and O–H groups in total. The van der Waals surface area contributed by atoms with Crippen LogP contribution in [0.25, 0.3) is 0 Å². The molecule has 5 heteroatoms. The van der Waals surface area contributed by atoms with Crippen molar-refractivity contribution in [3.05, 3.63) is 65.7 Å². The summed E-state index contributed by atoms with van der Waals surface area (Å²) in [7, 11) is 0. The summed E-state index contributed by atoms with van der Waals surface area (Å²) < 4.78 is 10.9. The van der Waals surface area contributed by atoms with Crippen molar-refractivity contribution < 1.29 is 19.1 Å². The number of esters is 1. The number of amides is 1. The largest absolute Gasteiger partial charge is 0.489 e. The Morgan fingerprint density at radius 2 is 1.76 bits per heavy atom. The summed E-state index contributed by atoms with van der Waals surface area (Å²) in [5, 5.41) is 2.82. The number of hydrogen-bond acceptors (Lipinski definition) is 4. The molecule has 1 fully saturated rings. The van der Waals surface area contributed by atoms with E-state index in [4.69, 9.17) is 9.47 Å². The smallest absolute Gasteiger partial charge is 0.338 e. The van der Waals surface area contributed by atoms with Crippen molar-refractivity contribution in [2.45, 2.75) is 38.5 Å². The number of rotatable bonds is 7. The SMILES string of the molecule is C[C@@H](OC(=O)c1ccc(OCc2ccccc2)cc1)C(=O)NC1CC1. The maximum Gasteiger partial charge on any atom is 0.338 e. The summed E-state index contributed by atoms with van der Waals surface area (Å²) in [5.41, 5.74) is 1.46. The van der Waals surface area contributed by atoms with Gasteiger partial charge in [0.25, 0.3) is 5.91 Å². The third kappa shape index (κ3) is 5.08. The summed E-state index contributed by atoms with van der Waals surface area (Å²) in [6, 6.07) is 16.8. The molecule has 1 amide bonds. The summed E-state index contributed by atoms with van der Waals surface area (Å²) in [5.74, 6) is -0.105. The molecule has 25 heavy (non-hydrogen) atoms. The fraction of sp³-hybridized carbons (Fsp3) is 0.300. The Labute approximate surface area is 147 Å². The minimum absolute atomic E-state index is 0.245. The van der Waals surface area contributed by atoms with Crippen LogP contribution < -0.4 is 10.1 Å². The molecule has 1 aliphatic carbocycles. The molecule has 3 rings (SSSR count). The predicted molar refractivity (Wildman–Crippen MR) is 93.3 cm³/mol. The number of carbonyl (C=O) groups excluding carboxylic acids is 2. The van der Waals surface area contributed by atoms with Crippen LogP contribution in [0.5, 0.6) is 5.75 Å². The van der Waals surface area contributed by atoms with Crippen molar-refractivity contribution in [2.75, 3.05) is 0 Å². The van der Waals surface area contributed by atoms with Gasteiger partial charge >= 0.3 is 5.97 Å². The lowest BCUT2D eigenvalue weighted by atomic mass is 10.2. The van der Waals surface area contributed by atoms with Gasteiger partial charge in [0.05, 0.1) is 5.56 Å². The zero-order chi connectivity index (χ0) is 17.6. The highest BCUT2D eigenvalue weighted by Crippen LogP contribution is 2.19. The van der Waals surface area contributed by atoms with Gasteiger partial charge in [-0.25, -0.2) is 4.79 Å². The minimum Gasteiger partial charge on any atom is -0.489 e. The predicted octanol–water partition coefficient (Wildman–Crippen LogP) is 3.09. The zero-order valence-electron chi connectivity index (χ0n) is 14.1. The van der Waals surface area contributed by atoms with E-state index in [-0.39, 0.29) is 11.9 Å². The van der Waals surface area contributed by atoms with Crippen molar-refractivity contribution in [1.29, 1.82) is 0 Å². The quantitative estimate of drug-likeness (QED) is 0.787. The highest BCUT2D eigenvalue weighted by atomic mass is 16.5. The Balaban J connectivity index is 1.50. The summed E-state index contributed by atoms with van der Waals surface area (Å²) in [4.78, 5) is 23.9. The lowest BCUT2D eigenvalue weighted by molar-refractivity contribution is -0.129. The first kappa shape index (κ1) is 17.0. The number of benzene rings is 2. The molecule has 0 aromatic heterocycles. The van der Waals surface area contributed by atoms with Crippen LogP contribution in [-0.4, -0.2) is 24.0 Å². The second-order valence-electron chi connectivity index (χ2n) is 6.13. The molecule has 0 radical (unpaired) electrons. The Bertz CT molecular complexity index is 723. The fourth-order valence-electron chi connectivity index (χ4n) is 2.26. The number of carbonyl (C=O) groups is 2. The van der Waals surface area contributed by atoms with Crippen LogP contribution in [0.2, 0.25) is 0 Å². The van der Waals surface area contributed by atoms with Crippen molar-refractivity contribution in [1.82, 2.24) is 5.32 Å². The Morgan fingerprint density at radius 1 is 1.08 bits per heavy atom.